The second-order valence-electron chi connectivity index (χ2n) is 4.45. The predicted molar refractivity (Wildman–Crippen MR) is 64.5 cm³/mol. The Bertz CT molecular complexity index is 427. The summed E-state index contributed by atoms with van der Waals surface area (Å²) in [6, 6.07) is 9.49. The Labute approximate surface area is 106 Å². The summed E-state index contributed by atoms with van der Waals surface area (Å²) in [5.74, 6) is -0.957. The van der Waals surface area contributed by atoms with Crippen molar-refractivity contribution in [3.63, 3.8) is 0 Å². The van der Waals surface area contributed by atoms with Crippen LogP contribution in [-0.2, 0) is 25.7 Å². The summed E-state index contributed by atoms with van der Waals surface area (Å²) in [5, 5.41) is 0. The third kappa shape index (κ3) is 3.09. The molecule has 2 atom stereocenters. The molecule has 4 heteroatoms. The topological polar surface area (TPSA) is 52.6 Å². The number of benzene rings is 1. The van der Waals surface area contributed by atoms with Gasteiger partial charge in [0.1, 0.15) is 12.7 Å². The van der Waals surface area contributed by atoms with Gasteiger partial charge in [0.05, 0.1) is 5.92 Å². The van der Waals surface area contributed by atoms with E-state index >= 15 is 0 Å². The van der Waals surface area contributed by atoms with Crippen molar-refractivity contribution in [3.05, 3.63) is 35.9 Å². The molecule has 1 saturated heterocycles. The Morgan fingerprint density at radius 3 is 2.78 bits per heavy atom. The lowest BCUT2D eigenvalue weighted by molar-refractivity contribution is -0.156. The van der Waals surface area contributed by atoms with Crippen molar-refractivity contribution in [2.75, 3.05) is 0 Å². The summed E-state index contributed by atoms with van der Waals surface area (Å²) >= 11 is 0. The number of hydrogen-bond donors (Lipinski definition) is 0. The molecule has 0 saturated carbocycles. The number of cyclic esters (lactones) is 1. The Morgan fingerprint density at radius 1 is 1.44 bits per heavy atom. The standard InChI is InChI=1S/C14H16O4/c1-10(12-7-8-13(15)18-12)14(16)17-9-11-5-3-2-4-6-11/h2-6,10,12H,7-9H2,1H3. The molecule has 1 heterocycles. The van der Waals surface area contributed by atoms with Crippen LogP contribution in [0.1, 0.15) is 25.3 Å². The molecule has 18 heavy (non-hydrogen) atoms. The van der Waals surface area contributed by atoms with Crippen LogP contribution in [0.25, 0.3) is 0 Å². The van der Waals surface area contributed by atoms with Gasteiger partial charge in [0.15, 0.2) is 0 Å². The molecule has 4 nitrogen and oxygen atoms in total. The molecular weight excluding hydrogens is 232 g/mol. The van der Waals surface area contributed by atoms with Gasteiger partial charge in [-0.05, 0) is 18.9 Å². The van der Waals surface area contributed by atoms with E-state index in [0.717, 1.165) is 5.56 Å². The van der Waals surface area contributed by atoms with Crippen LogP contribution in [0.15, 0.2) is 30.3 Å². The fourth-order valence-corrected chi connectivity index (χ4v) is 1.91. The van der Waals surface area contributed by atoms with Crippen molar-refractivity contribution in [3.8, 4) is 0 Å². The maximum Gasteiger partial charge on any atom is 0.312 e. The molecular formula is C14H16O4. The molecule has 1 aliphatic rings. The monoisotopic (exact) mass is 248 g/mol. The molecule has 0 amide bonds. The van der Waals surface area contributed by atoms with Crippen molar-refractivity contribution in [1.82, 2.24) is 0 Å². The Balaban J connectivity index is 1.83. The number of carbonyl (C=O) groups excluding carboxylic acids is 2. The van der Waals surface area contributed by atoms with Crippen LogP contribution in [-0.4, -0.2) is 18.0 Å². The first-order valence-corrected chi connectivity index (χ1v) is 6.07. The van der Waals surface area contributed by atoms with Crippen LogP contribution in [0, 0.1) is 5.92 Å². The number of esters is 2. The molecule has 0 N–H and O–H groups in total. The molecule has 0 aliphatic carbocycles. The normalized spacial score (nSPS) is 20.3. The molecule has 1 aromatic carbocycles. The lowest BCUT2D eigenvalue weighted by Gasteiger charge is -2.16. The molecule has 96 valence electrons. The minimum absolute atomic E-state index is 0.234. The zero-order valence-electron chi connectivity index (χ0n) is 10.3. The van der Waals surface area contributed by atoms with E-state index in [2.05, 4.69) is 0 Å². The van der Waals surface area contributed by atoms with E-state index in [1.54, 1.807) is 6.92 Å². The van der Waals surface area contributed by atoms with Gasteiger partial charge in [-0.15, -0.1) is 0 Å². The van der Waals surface area contributed by atoms with Crippen LogP contribution in [0.5, 0.6) is 0 Å². The van der Waals surface area contributed by atoms with Crippen LogP contribution < -0.4 is 0 Å². The maximum atomic E-state index is 11.8. The average molecular weight is 248 g/mol. The highest BCUT2D eigenvalue weighted by Crippen LogP contribution is 2.22. The second kappa shape index (κ2) is 5.67. The highest BCUT2D eigenvalue weighted by atomic mass is 16.6. The zero-order chi connectivity index (χ0) is 13.0. The summed E-state index contributed by atoms with van der Waals surface area (Å²) in [4.78, 5) is 22.8. The second-order valence-corrected chi connectivity index (χ2v) is 4.45. The van der Waals surface area contributed by atoms with Gasteiger partial charge in [0.2, 0.25) is 0 Å². The minimum Gasteiger partial charge on any atom is -0.461 e. The fourth-order valence-electron chi connectivity index (χ4n) is 1.91. The van der Waals surface area contributed by atoms with Crippen molar-refractivity contribution in [2.24, 2.45) is 5.92 Å². The number of rotatable bonds is 4. The predicted octanol–water partition coefficient (Wildman–Crippen LogP) is 2.07. The Morgan fingerprint density at radius 2 is 2.17 bits per heavy atom. The van der Waals surface area contributed by atoms with Crippen molar-refractivity contribution >= 4 is 11.9 Å². The summed E-state index contributed by atoms with van der Waals surface area (Å²) in [7, 11) is 0. The summed E-state index contributed by atoms with van der Waals surface area (Å²) in [5.41, 5.74) is 0.946. The molecule has 2 unspecified atom stereocenters. The van der Waals surface area contributed by atoms with Gasteiger partial charge in [0.25, 0.3) is 0 Å². The van der Waals surface area contributed by atoms with Crippen LogP contribution in [0.2, 0.25) is 0 Å². The van der Waals surface area contributed by atoms with Gasteiger partial charge < -0.3 is 9.47 Å². The van der Waals surface area contributed by atoms with Gasteiger partial charge in [-0.1, -0.05) is 30.3 Å². The summed E-state index contributed by atoms with van der Waals surface area (Å²) < 4.78 is 10.3. The number of hydrogen-bond acceptors (Lipinski definition) is 4. The summed E-state index contributed by atoms with van der Waals surface area (Å²) in [6.07, 6.45) is 0.655. The number of ether oxygens (including phenoxy) is 2. The van der Waals surface area contributed by atoms with E-state index in [4.69, 9.17) is 9.47 Å². The SMILES string of the molecule is CC(C(=O)OCc1ccccc1)C1CCC(=O)O1. The molecule has 0 radical (unpaired) electrons. The maximum absolute atomic E-state index is 11.8. The van der Waals surface area contributed by atoms with E-state index in [1.165, 1.54) is 0 Å². The van der Waals surface area contributed by atoms with Crippen molar-refractivity contribution < 1.29 is 19.1 Å². The molecule has 0 aromatic heterocycles. The smallest absolute Gasteiger partial charge is 0.312 e. The van der Waals surface area contributed by atoms with Crippen LogP contribution >= 0.6 is 0 Å². The van der Waals surface area contributed by atoms with Crippen molar-refractivity contribution in [1.29, 1.82) is 0 Å². The van der Waals surface area contributed by atoms with Crippen LogP contribution in [0.4, 0.5) is 0 Å². The average Bonchev–Trinajstić information content (AvgIpc) is 2.83. The fraction of sp³-hybridized carbons (Fsp3) is 0.429. The first kappa shape index (κ1) is 12.6. The molecule has 0 spiro atoms. The quantitative estimate of drug-likeness (QED) is 0.765. The van der Waals surface area contributed by atoms with Crippen molar-refractivity contribution in [2.45, 2.75) is 32.5 Å². The van der Waals surface area contributed by atoms with E-state index in [-0.39, 0.29) is 24.6 Å². The zero-order valence-corrected chi connectivity index (χ0v) is 10.3. The third-order valence-corrected chi connectivity index (χ3v) is 3.07. The van der Waals surface area contributed by atoms with E-state index < -0.39 is 5.92 Å². The molecule has 1 aliphatic heterocycles. The highest BCUT2D eigenvalue weighted by molar-refractivity contribution is 5.76. The molecule has 1 aromatic rings. The Kier molecular flexibility index (Phi) is 3.97. The summed E-state index contributed by atoms with van der Waals surface area (Å²) in [6.45, 7) is 1.99. The van der Waals surface area contributed by atoms with E-state index in [0.29, 0.717) is 12.8 Å². The lowest BCUT2D eigenvalue weighted by atomic mass is 10.0. The minimum atomic E-state index is -0.403. The van der Waals surface area contributed by atoms with Gasteiger partial charge in [-0.3, -0.25) is 9.59 Å². The van der Waals surface area contributed by atoms with Gasteiger partial charge in [0, 0.05) is 6.42 Å². The van der Waals surface area contributed by atoms with Crippen LogP contribution in [0.3, 0.4) is 0 Å². The highest BCUT2D eigenvalue weighted by Gasteiger charge is 2.33. The van der Waals surface area contributed by atoms with Gasteiger partial charge in [-0.2, -0.15) is 0 Å². The molecule has 2 rings (SSSR count). The molecule has 0 bridgehead atoms. The van der Waals surface area contributed by atoms with Gasteiger partial charge in [-0.25, -0.2) is 0 Å². The number of carbonyl (C=O) groups is 2. The van der Waals surface area contributed by atoms with E-state index in [1.807, 2.05) is 30.3 Å². The first-order chi connectivity index (χ1) is 8.66. The van der Waals surface area contributed by atoms with Gasteiger partial charge >= 0.3 is 11.9 Å². The first-order valence-electron chi connectivity index (χ1n) is 6.07. The third-order valence-electron chi connectivity index (χ3n) is 3.07. The van der Waals surface area contributed by atoms with E-state index in [9.17, 15) is 9.59 Å². The lowest BCUT2D eigenvalue weighted by Crippen LogP contribution is -2.27. The Hall–Kier alpha value is -1.84. The largest absolute Gasteiger partial charge is 0.461 e. The molecule has 1 fully saturated rings.